The predicted octanol–water partition coefficient (Wildman–Crippen LogP) is 4.85. The number of benzene rings is 2. The number of nitrogens with zero attached hydrogens (tertiary/aromatic N) is 1. The highest BCUT2D eigenvalue weighted by atomic mass is 35.5. The van der Waals surface area contributed by atoms with Crippen LogP contribution in [0.2, 0.25) is 5.02 Å². The molecule has 5 nitrogen and oxygen atoms in total. The first-order valence-electron chi connectivity index (χ1n) is 9.13. The largest absolute Gasteiger partial charge is 0.492 e. The maximum Gasteiger partial charge on any atom is 0.251 e. The van der Waals surface area contributed by atoms with Gasteiger partial charge in [0.05, 0.1) is 12.3 Å². The number of halogens is 1. The summed E-state index contributed by atoms with van der Waals surface area (Å²) in [6.07, 6.45) is 2.35. The molecule has 0 atom stereocenters. The van der Waals surface area contributed by atoms with Crippen molar-refractivity contribution < 1.29 is 9.53 Å². The Morgan fingerprint density at radius 1 is 1.11 bits per heavy atom. The summed E-state index contributed by atoms with van der Waals surface area (Å²) in [6, 6.07) is 18.6. The lowest BCUT2D eigenvalue weighted by Gasteiger charge is -2.12. The molecule has 3 rings (SSSR count). The smallest absolute Gasteiger partial charge is 0.251 e. The molecule has 6 heteroatoms. The van der Waals surface area contributed by atoms with Gasteiger partial charge in [0.15, 0.2) is 0 Å². The number of hydrogen-bond acceptors (Lipinski definition) is 4. The van der Waals surface area contributed by atoms with Crippen molar-refractivity contribution in [2.24, 2.45) is 0 Å². The fourth-order valence-corrected chi connectivity index (χ4v) is 2.83. The zero-order valence-electron chi connectivity index (χ0n) is 15.6. The normalized spacial score (nSPS) is 10.4. The van der Waals surface area contributed by atoms with Crippen LogP contribution in [0.5, 0.6) is 5.75 Å². The fourth-order valence-electron chi connectivity index (χ4n) is 2.70. The third-order valence-electron chi connectivity index (χ3n) is 4.08. The van der Waals surface area contributed by atoms with Crippen LogP contribution in [0, 0.1) is 0 Å². The van der Waals surface area contributed by atoms with E-state index in [1.165, 1.54) is 0 Å². The van der Waals surface area contributed by atoms with Gasteiger partial charge in [-0.15, -0.1) is 0 Å². The molecule has 144 valence electrons. The van der Waals surface area contributed by atoms with Gasteiger partial charge in [0.1, 0.15) is 11.6 Å². The van der Waals surface area contributed by atoms with Crippen LogP contribution in [0.25, 0.3) is 0 Å². The first-order valence-corrected chi connectivity index (χ1v) is 9.51. The number of para-hydroxylation sites is 2. The Labute approximate surface area is 169 Å². The lowest BCUT2D eigenvalue weighted by molar-refractivity contribution is 0.0954. The SMILES string of the molecule is CCOc1ccccc1Nc1cc(C(=O)NCCc2ccc(Cl)cc2)ccn1. The monoisotopic (exact) mass is 395 g/mol. The summed E-state index contributed by atoms with van der Waals surface area (Å²) in [6.45, 7) is 3.05. The lowest BCUT2D eigenvalue weighted by Crippen LogP contribution is -2.25. The highest BCUT2D eigenvalue weighted by Crippen LogP contribution is 2.26. The second kappa shape index (κ2) is 9.76. The van der Waals surface area contributed by atoms with E-state index in [0.29, 0.717) is 29.6 Å². The van der Waals surface area contributed by atoms with Crippen LogP contribution in [-0.2, 0) is 6.42 Å². The molecule has 0 fully saturated rings. The maximum atomic E-state index is 12.5. The van der Waals surface area contributed by atoms with E-state index in [1.54, 1.807) is 18.3 Å². The number of aromatic nitrogens is 1. The molecule has 1 heterocycles. The molecule has 0 aliphatic heterocycles. The van der Waals surface area contributed by atoms with Crippen molar-refractivity contribution in [3.63, 3.8) is 0 Å². The van der Waals surface area contributed by atoms with Crippen LogP contribution >= 0.6 is 11.6 Å². The number of anilines is 2. The van der Waals surface area contributed by atoms with E-state index < -0.39 is 0 Å². The van der Waals surface area contributed by atoms with Crippen LogP contribution in [0.4, 0.5) is 11.5 Å². The van der Waals surface area contributed by atoms with Crippen molar-refractivity contribution in [3.8, 4) is 5.75 Å². The van der Waals surface area contributed by atoms with Crippen LogP contribution in [0.15, 0.2) is 66.9 Å². The van der Waals surface area contributed by atoms with Gasteiger partial charge in [0, 0.05) is 23.3 Å². The summed E-state index contributed by atoms with van der Waals surface area (Å²) >= 11 is 5.89. The van der Waals surface area contributed by atoms with Crippen LogP contribution in [0.1, 0.15) is 22.8 Å². The van der Waals surface area contributed by atoms with Gasteiger partial charge < -0.3 is 15.4 Å². The molecular formula is C22H22ClN3O2. The Morgan fingerprint density at radius 3 is 2.68 bits per heavy atom. The van der Waals surface area contributed by atoms with Crippen molar-refractivity contribution in [1.29, 1.82) is 0 Å². The molecule has 0 aliphatic carbocycles. The second-order valence-electron chi connectivity index (χ2n) is 6.12. The fraction of sp³-hybridized carbons (Fsp3) is 0.182. The number of nitrogens with one attached hydrogen (secondary N) is 2. The third-order valence-corrected chi connectivity index (χ3v) is 4.34. The summed E-state index contributed by atoms with van der Waals surface area (Å²) in [7, 11) is 0. The molecule has 3 aromatic rings. The van der Waals surface area contributed by atoms with E-state index in [2.05, 4.69) is 15.6 Å². The molecule has 0 spiro atoms. The van der Waals surface area contributed by atoms with E-state index >= 15 is 0 Å². The Kier molecular flexibility index (Phi) is 6.87. The van der Waals surface area contributed by atoms with Crippen molar-refractivity contribution in [2.45, 2.75) is 13.3 Å². The van der Waals surface area contributed by atoms with Crippen molar-refractivity contribution in [3.05, 3.63) is 83.0 Å². The van der Waals surface area contributed by atoms with E-state index in [9.17, 15) is 4.79 Å². The highest BCUT2D eigenvalue weighted by molar-refractivity contribution is 6.30. The Bertz CT molecular complexity index is 929. The summed E-state index contributed by atoms with van der Waals surface area (Å²) in [5.74, 6) is 1.18. The van der Waals surface area contributed by atoms with E-state index in [4.69, 9.17) is 16.3 Å². The van der Waals surface area contributed by atoms with Crippen LogP contribution in [0.3, 0.4) is 0 Å². The van der Waals surface area contributed by atoms with E-state index in [-0.39, 0.29) is 5.91 Å². The van der Waals surface area contributed by atoms with Crippen LogP contribution < -0.4 is 15.4 Å². The second-order valence-corrected chi connectivity index (χ2v) is 6.55. The quantitative estimate of drug-likeness (QED) is 0.572. The van der Waals surface area contributed by atoms with Gasteiger partial charge in [-0.3, -0.25) is 4.79 Å². The summed E-state index contributed by atoms with van der Waals surface area (Å²) in [5, 5.41) is 6.85. The molecule has 1 aromatic heterocycles. The molecule has 0 aliphatic rings. The molecule has 2 aromatic carbocycles. The van der Waals surface area contributed by atoms with Crippen LogP contribution in [-0.4, -0.2) is 24.0 Å². The Morgan fingerprint density at radius 2 is 1.89 bits per heavy atom. The maximum absolute atomic E-state index is 12.5. The van der Waals surface area contributed by atoms with Gasteiger partial charge in [-0.05, 0) is 55.3 Å². The highest BCUT2D eigenvalue weighted by Gasteiger charge is 2.08. The minimum absolute atomic E-state index is 0.141. The summed E-state index contributed by atoms with van der Waals surface area (Å²) in [5.41, 5.74) is 2.47. The van der Waals surface area contributed by atoms with Gasteiger partial charge in [0.25, 0.3) is 5.91 Å². The number of carbonyl (C=O) groups excluding carboxylic acids is 1. The average molecular weight is 396 g/mol. The zero-order chi connectivity index (χ0) is 19.8. The topological polar surface area (TPSA) is 63.2 Å². The first kappa shape index (κ1) is 19.7. The Hall–Kier alpha value is -3.05. The van der Waals surface area contributed by atoms with Gasteiger partial charge in [-0.2, -0.15) is 0 Å². The molecule has 2 N–H and O–H groups in total. The third kappa shape index (κ3) is 5.47. The van der Waals surface area contributed by atoms with Crippen molar-refractivity contribution in [1.82, 2.24) is 10.3 Å². The molecule has 1 amide bonds. The molecule has 0 saturated carbocycles. The minimum atomic E-state index is -0.141. The molecule has 0 saturated heterocycles. The summed E-state index contributed by atoms with van der Waals surface area (Å²) < 4.78 is 5.61. The van der Waals surface area contributed by atoms with Gasteiger partial charge in [-0.25, -0.2) is 4.98 Å². The predicted molar refractivity (Wildman–Crippen MR) is 113 cm³/mol. The molecule has 0 radical (unpaired) electrons. The minimum Gasteiger partial charge on any atom is -0.492 e. The lowest BCUT2D eigenvalue weighted by atomic mass is 10.1. The number of hydrogen-bond donors (Lipinski definition) is 2. The zero-order valence-corrected chi connectivity index (χ0v) is 16.4. The number of ether oxygens (including phenoxy) is 1. The van der Waals surface area contributed by atoms with Crippen molar-refractivity contribution >= 4 is 29.0 Å². The average Bonchev–Trinajstić information content (AvgIpc) is 2.71. The number of amides is 1. The summed E-state index contributed by atoms with van der Waals surface area (Å²) in [4.78, 5) is 16.7. The van der Waals surface area contributed by atoms with E-state index in [0.717, 1.165) is 23.4 Å². The molecule has 0 bridgehead atoms. The van der Waals surface area contributed by atoms with Gasteiger partial charge >= 0.3 is 0 Å². The number of carbonyl (C=O) groups is 1. The van der Waals surface area contributed by atoms with E-state index in [1.807, 2.05) is 55.5 Å². The molecule has 28 heavy (non-hydrogen) atoms. The first-order chi connectivity index (χ1) is 13.7. The standard InChI is InChI=1S/C22H22ClN3O2/c1-2-28-20-6-4-3-5-19(20)26-21-15-17(12-14-24-21)22(27)25-13-11-16-7-9-18(23)10-8-16/h3-10,12,14-15H,2,11,13H2,1H3,(H,24,26)(H,25,27). The van der Waals surface area contributed by atoms with Gasteiger partial charge in [0.2, 0.25) is 0 Å². The number of pyridine rings is 1. The number of rotatable bonds is 8. The van der Waals surface area contributed by atoms with Gasteiger partial charge in [-0.1, -0.05) is 35.9 Å². The molecular weight excluding hydrogens is 374 g/mol. The molecule has 0 unspecified atom stereocenters. The van der Waals surface area contributed by atoms with Crippen molar-refractivity contribution in [2.75, 3.05) is 18.5 Å². The Balaban J connectivity index is 1.61.